The third-order valence-corrected chi connectivity index (χ3v) is 3.94. The van der Waals surface area contributed by atoms with Gasteiger partial charge in [-0.3, -0.25) is 13.6 Å². The van der Waals surface area contributed by atoms with E-state index in [1.807, 2.05) is 13.0 Å². The van der Waals surface area contributed by atoms with Crippen LogP contribution >= 0.6 is 7.82 Å². The van der Waals surface area contributed by atoms with E-state index in [0.717, 1.165) is 12.8 Å². The molecule has 0 saturated heterocycles. The standard InChI is InChI=1S/C14H27O4P/c1-6-16-19(15,17-7-2)18-12-11-14(5)10-8-9-13(3)4/h9,11H,6-8,10,12H2,1-5H3. The highest BCUT2D eigenvalue weighted by molar-refractivity contribution is 7.48. The maximum atomic E-state index is 12.0. The van der Waals surface area contributed by atoms with Crippen molar-refractivity contribution < 1.29 is 18.1 Å². The van der Waals surface area contributed by atoms with E-state index in [1.165, 1.54) is 11.1 Å². The smallest absolute Gasteiger partial charge is 0.287 e. The molecular weight excluding hydrogens is 263 g/mol. The molecule has 0 unspecified atom stereocenters. The second-order valence-corrected chi connectivity index (χ2v) is 6.12. The van der Waals surface area contributed by atoms with Crippen LogP contribution in [0.25, 0.3) is 0 Å². The minimum atomic E-state index is -3.37. The molecule has 0 heterocycles. The van der Waals surface area contributed by atoms with Gasteiger partial charge in [0.1, 0.15) is 0 Å². The Hall–Kier alpha value is -0.410. The first-order chi connectivity index (χ1) is 8.93. The highest BCUT2D eigenvalue weighted by Crippen LogP contribution is 2.49. The number of phosphoric acid groups is 1. The quantitative estimate of drug-likeness (QED) is 0.425. The topological polar surface area (TPSA) is 44.8 Å². The van der Waals surface area contributed by atoms with Crippen molar-refractivity contribution in [2.24, 2.45) is 0 Å². The fourth-order valence-electron chi connectivity index (χ4n) is 1.39. The van der Waals surface area contributed by atoms with E-state index in [-0.39, 0.29) is 6.61 Å². The first-order valence-electron chi connectivity index (χ1n) is 6.76. The van der Waals surface area contributed by atoms with Gasteiger partial charge in [0.25, 0.3) is 0 Å². The first kappa shape index (κ1) is 18.6. The highest BCUT2D eigenvalue weighted by Gasteiger charge is 2.24. The first-order valence-corrected chi connectivity index (χ1v) is 8.22. The third-order valence-electron chi connectivity index (χ3n) is 2.33. The normalized spacial score (nSPS) is 12.6. The molecule has 5 heteroatoms. The van der Waals surface area contributed by atoms with Gasteiger partial charge in [-0.2, -0.15) is 0 Å². The Balaban J connectivity index is 4.15. The van der Waals surface area contributed by atoms with E-state index >= 15 is 0 Å². The summed E-state index contributed by atoms with van der Waals surface area (Å²) in [6.07, 6.45) is 6.11. The number of hydrogen-bond acceptors (Lipinski definition) is 4. The number of phosphoric ester groups is 1. The van der Waals surface area contributed by atoms with Crippen LogP contribution in [0.3, 0.4) is 0 Å². The van der Waals surface area contributed by atoms with E-state index in [0.29, 0.717) is 13.2 Å². The molecule has 0 radical (unpaired) electrons. The van der Waals surface area contributed by atoms with Gasteiger partial charge in [0, 0.05) is 0 Å². The summed E-state index contributed by atoms with van der Waals surface area (Å²) < 4.78 is 27.3. The Morgan fingerprint density at radius 1 is 1.00 bits per heavy atom. The molecule has 0 spiro atoms. The lowest BCUT2D eigenvalue weighted by Crippen LogP contribution is -2.00. The molecule has 112 valence electrons. The van der Waals surface area contributed by atoms with Crippen molar-refractivity contribution in [2.45, 2.75) is 47.5 Å². The van der Waals surface area contributed by atoms with E-state index in [4.69, 9.17) is 13.6 Å². The summed E-state index contributed by atoms with van der Waals surface area (Å²) in [5, 5.41) is 0. The largest absolute Gasteiger partial charge is 0.475 e. The summed E-state index contributed by atoms with van der Waals surface area (Å²) in [5.74, 6) is 0. The van der Waals surface area contributed by atoms with Crippen molar-refractivity contribution >= 4 is 7.82 Å². The minimum absolute atomic E-state index is 0.248. The van der Waals surface area contributed by atoms with Crippen LogP contribution in [0, 0.1) is 0 Å². The maximum absolute atomic E-state index is 12.0. The SMILES string of the molecule is CCOP(=O)(OCC)OCC=C(C)CCC=C(C)C. The molecule has 0 bridgehead atoms. The Morgan fingerprint density at radius 3 is 2.05 bits per heavy atom. The molecule has 0 rings (SSSR count). The van der Waals surface area contributed by atoms with Gasteiger partial charge in [-0.1, -0.05) is 23.3 Å². The second kappa shape index (κ2) is 10.4. The van der Waals surface area contributed by atoms with Crippen molar-refractivity contribution in [2.75, 3.05) is 19.8 Å². The molecule has 0 amide bonds. The van der Waals surface area contributed by atoms with Crippen molar-refractivity contribution in [3.63, 3.8) is 0 Å². The Labute approximate surface area is 117 Å². The van der Waals surface area contributed by atoms with Gasteiger partial charge in [0.05, 0.1) is 19.8 Å². The molecule has 0 saturated carbocycles. The lowest BCUT2D eigenvalue weighted by Gasteiger charge is -2.15. The molecule has 4 nitrogen and oxygen atoms in total. The molecule has 0 aromatic rings. The fraction of sp³-hybridized carbons (Fsp3) is 0.714. The van der Waals surface area contributed by atoms with Gasteiger partial charge in [0.2, 0.25) is 0 Å². The molecule has 0 aliphatic rings. The van der Waals surface area contributed by atoms with Gasteiger partial charge < -0.3 is 0 Å². The van der Waals surface area contributed by atoms with E-state index in [9.17, 15) is 4.57 Å². The molecule has 0 aliphatic heterocycles. The summed E-state index contributed by atoms with van der Waals surface area (Å²) in [4.78, 5) is 0. The Morgan fingerprint density at radius 2 is 1.58 bits per heavy atom. The minimum Gasteiger partial charge on any atom is -0.287 e. The zero-order valence-electron chi connectivity index (χ0n) is 12.8. The average Bonchev–Trinajstić information content (AvgIpc) is 2.28. The van der Waals surface area contributed by atoms with Crippen molar-refractivity contribution in [1.29, 1.82) is 0 Å². The van der Waals surface area contributed by atoms with Crippen LogP contribution in [0.15, 0.2) is 23.3 Å². The predicted octanol–water partition coefficient (Wildman–Crippen LogP) is 4.88. The van der Waals surface area contributed by atoms with Gasteiger partial charge >= 0.3 is 7.82 Å². The monoisotopic (exact) mass is 290 g/mol. The highest BCUT2D eigenvalue weighted by atomic mass is 31.2. The zero-order chi connectivity index (χ0) is 14.7. The second-order valence-electron chi connectivity index (χ2n) is 4.45. The molecule has 0 fully saturated rings. The molecular formula is C14H27O4P. The maximum Gasteiger partial charge on any atom is 0.475 e. The molecule has 0 aromatic heterocycles. The fourth-order valence-corrected chi connectivity index (χ4v) is 2.50. The molecule has 0 aromatic carbocycles. The Bertz CT molecular complexity index is 333. The van der Waals surface area contributed by atoms with Crippen molar-refractivity contribution in [3.8, 4) is 0 Å². The summed E-state index contributed by atoms with van der Waals surface area (Å²) in [6.45, 7) is 10.6. The summed E-state index contributed by atoms with van der Waals surface area (Å²) in [6, 6.07) is 0. The van der Waals surface area contributed by atoms with Gasteiger partial charge in [-0.25, -0.2) is 4.57 Å². The summed E-state index contributed by atoms with van der Waals surface area (Å²) in [7, 11) is -3.37. The van der Waals surface area contributed by atoms with E-state index in [2.05, 4.69) is 19.9 Å². The van der Waals surface area contributed by atoms with Gasteiger partial charge in [-0.15, -0.1) is 0 Å². The van der Waals surface area contributed by atoms with Crippen LogP contribution in [0.2, 0.25) is 0 Å². The van der Waals surface area contributed by atoms with Crippen LogP contribution in [-0.2, 0) is 18.1 Å². The molecule has 0 atom stereocenters. The van der Waals surface area contributed by atoms with Crippen LogP contribution in [-0.4, -0.2) is 19.8 Å². The number of rotatable bonds is 10. The summed E-state index contributed by atoms with van der Waals surface area (Å²) in [5.41, 5.74) is 2.53. The van der Waals surface area contributed by atoms with Crippen LogP contribution in [0.4, 0.5) is 0 Å². The summed E-state index contributed by atoms with van der Waals surface area (Å²) >= 11 is 0. The van der Waals surface area contributed by atoms with Crippen molar-refractivity contribution in [1.82, 2.24) is 0 Å². The number of allylic oxidation sites excluding steroid dienone is 3. The van der Waals surface area contributed by atoms with Crippen molar-refractivity contribution in [3.05, 3.63) is 23.3 Å². The lowest BCUT2D eigenvalue weighted by molar-refractivity contribution is 0.131. The average molecular weight is 290 g/mol. The van der Waals surface area contributed by atoms with Crippen LogP contribution in [0.1, 0.15) is 47.5 Å². The van der Waals surface area contributed by atoms with Gasteiger partial charge in [0.15, 0.2) is 0 Å². The third kappa shape index (κ3) is 10.1. The predicted molar refractivity (Wildman–Crippen MR) is 79.2 cm³/mol. The van der Waals surface area contributed by atoms with Gasteiger partial charge in [-0.05, 0) is 47.5 Å². The lowest BCUT2D eigenvalue weighted by atomic mass is 10.1. The van der Waals surface area contributed by atoms with E-state index < -0.39 is 7.82 Å². The molecule has 19 heavy (non-hydrogen) atoms. The van der Waals surface area contributed by atoms with E-state index in [1.54, 1.807) is 13.8 Å². The Kier molecular flexibility index (Phi) is 10.2. The molecule has 0 aliphatic carbocycles. The van der Waals surface area contributed by atoms with Crippen LogP contribution in [0.5, 0.6) is 0 Å². The van der Waals surface area contributed by atoms with Crippen LogP contribution < -0.4 is 0 Å². The molecule has 0 N–H and O–H groups in total. The number of hydrogen-bond donors (Lipinski definition) is 0. The zero-order valence-corrected chi connectivity index (χ0v) is 13.7.